The predicted molar refractivity (Wildman–Crippen MR) is 115 cm³/mol. The lowest BCUT2D eigenvalue weighted by atomic mass is 10.0. The van der Waals surface area contributed by atoms with Gasteiger partial charge in [0, 0.05) is 43.4 Å². The number of hydrogen-bond donors (Lipinski definition) is 1. The Labute approximate surface area is 175 Å². The standard InChI is InChI=1S/C24H25FN4O/c1-16(30)28-12-11-23-22(15-28)24(27-29(23)14-17-5-6-17)26-21-4-2-3-19(13-21)18-7-9-20(25)10-8-18/h2-4,7-10,13,17H,5-6,11-12,14-15H2,1H3,(H,26,27). The zero-order valence-electron chi connectivity index (χ0n) is 17.1. The van der Waals surface area contributed by atoms with Gasteiger partial charge in [-0.25, -0.2) is 4.39 Å². The lowest BCUT2D eigenvalue weighted by Gasteiger charge is -2.26. The van der Waals surface area contributed by atoms with Crippen LogP contribution < -0.4 is 5.32 Å². The minimum absolute atomic E-state index is 0.0971. The van der Waals surface area contributed by atoms with Crippen molar-refractivity contribution in [3.05, 3.63) is 65.6 Å². The number of hydrogen-bond acceptors (Lipinski definition) is 3. The third-order valence-corrected chi connectivity index (χ3v) is 6.01. The summed E-state index contributed by atoms with van der Waals surface area (Å²) in [5, 5.41) is 8.38. The molecule has 0 bridgehead atoms. The van der Waals surface area contributed by atoms with Gasteiger partial charge in [-0.3, -0.25) is 9.48 Å². The Morgan fingerprint density at radius 2 is 1.97 bits per heavy atom. The molecule has 1 amide bonds. The van der Waals surface area contributed by atoms with Crippen LogP contribution in [0.1, 0.15) is 31.0 Å². The van der Waals surface area contributed by atoms with Crippen molar-refractivity contribution in [1.29, 1.82) is 0 Å². The molecule has 5 rings (SSSR count). The molecule has 0 atom stereocenters. The van der Waals surface area contributed by atoms with Crippen molar-refractivity contribution in [1.82, 2.24) is 14.7 Å². The van der Waals surface area contributed by atoms with E-state index >= 15 is 0 Å². The van der Waals surface area contributed by atoms with E-state index in [2.05, 4.69) is 10.00 Å². The lowest BCUT2D eigenvalue weighted by Crippen LogP contribution is -2.34. The second kappa shape index (κ2) is 7.59. The van der Waals surface area contributed by atoms with Gasteiger partial charge < -0.3 is 10.2 Å². The van der Waals surface area contributed by atoms with Crippen molar-refractivity contribution in [3.63, 3.8) is 0 Å². The highest BCUT2D eigenvalue weighted by Gasteiger charge is 2.29. The second-order valence-electron chi connectivity index (χ2n) is 8.30. The van der Waals surface area contributed by atoms with Crippen molar-refractivity contribution in [2.24, 2.45) is 5.92 Å². The molecule has 0 spiro atoms. The summed E-state index contributed by atoms with van der Waals surface area (Å²) in [4.78, 5) is 13.8. The quantitative estimate of drug-likeness (QED) is 0.668. The van der Waals surface area contributed by atoms with Crippen molar-refractivity contribution >= 4 is 17.4 Å². The van der Waals surface area contributed by atoms with E-state index < -0.39 is 0 Å². The zero-order valence-corrected chi connectivity index (χ0v) is 17.1. The summed E-state index contributed by atoms with van der Waals surface area (Å²) >= 11 is 0. The summed E-state index contributed by atoms with van der Waals surface area (Å²) < 4.78 is 15.4. The molecule has 0 saturated heterocycles. The number of amides is 1. The van der Waals surface area contributed by atoms with Crippen LogP contribution in [0, 0.1) is 11.7 Å². The molecule has 0 unspecified atom stereocenters. The van der Waals surface area contributed by atoms with Crippen LogP contribution in [0.3, 0.4) is 0 Å². The number of fused-ring (bicyclic) bond motifs is 1. The third-order valence-electron chi connectivity index (χ3n) is 6.01. The molecule has 1 saturated carbocycles. The van der Waals surface area contributed by atoms with E-state index in [0.29, 0.717) is 6.54 Å². The zero-order chi connectivity index (χ0) is 20.7. The van der Waals surface area contributed by atoms with E-state index in [1.165, 1.54) is 30.7 Å². The number of nitrogens with zero attached hydrogens (tertiary/aromatic N) is 3. The lowest BCUT2D eigenvalue weighted by molar-refractivity contribution is -0.129. The molecule has 0 radical (unpaired) electrons. The van der Waals surface area contributed by atoms with Crippen LogP contribution in [0.2, 0.25) is 0 Å². The average molecular weight is 404 g/mol. The molecule has 6 heteroatoms. The van der Waals surface area contributed by atoms with Gasteiger partial charge >= 0.3 is 0 Å². The highest BCUT2D eigenvalue weighted by atomic mass is 19.1. The third kappa shape index (κ3) is 3.82. The smallest absolute Gasteiger partial charge is 0.219 e. The fraction of sp³-hybridized carbons (Fsp3) is 0.333. The monoisotopic (exact) mass is 404 g/mol. The van der Waals surface area contributed by atoms with Crippen LogP contribution in [0.5, 0.6) is 0 Å². The van der Waals surface area contributed by atoms with Gasteiger partial charge in [0.2, 0.25) is 5.91 Å². The molecule has 1 N–H and O–H groups in total. The molecule has 2 aliphatic rings. The predicted octanol–water partition coefficient (Wildman–Crippen LogP) is 4.75. The Bertz CT molecular complexity index is 1090. The Hall–Kier alpha value is -3.15. The number of anilines is 2. The highest BCUT2D eigenvalue weighted by Crippen LogP contribution is 2.35. The maximum Gasteiger partial charge on any atom is 0.219 e. The van der Waals surface area contributed by atoms with Gasteiger partial charge in [-0.15, -0.1) is 0 Å². The summed E-state index contributed by atoms with van der Waals surface area (Å²) in [6.45, 7) is 3.92. The molecule has 3 aromatic rings. The molecule has 2 aromatic carbocycles. The van der Waals surface area contributed by atoms with Gasteiger partial charge in [0.25, 0.3) is 0 Å². The number of aromatic nitrogens is 2. The summed E-state index contributed by atoms with van der Waals surface area (Å²) in [6, 6.07) is 14.6. The van der Waals surface area contributed by atoms with E-state index in [1.54, 1.807) is 19.1 Å². The van der Waals surface area contributed by atoms with Crippen molar-refractivity contribution in [2.45, 2.75) is 39.3 Å². The summed E-state index contributed by atoms with van der Waals surface area (Å²) in [5.74, 6) is 1.41. The van der Waals surface area contributed by atoms with Crippen LogP contribution in [0.25, 0.3) is 11.1 Å². The Balaban J connectivity index is 1.45. The molecule has 5 nitrogen and oxygen atoms in total. The largest absolute Gasteiger partial charge is 0.338 e. The number of nitrogens with one attached hydrogen (secondary N) is 1. The fourth-order valence-electron chi connectivity index (χ4n) is 4.11. The maximum atomic E-state index is 13.3. The molecule has 2 heterocycles. The van der Waals surface area contributed by atoms with Crippen LogP contribution in [0.4, 0.5) is 15.9 Å². The van der Waals surface area contributed by atoms with Crippen molar-refractivity contribution in [2.75, 3.05) is 11.9 Å². The maximum absolute atomic E-state index is 13.3. The number of benzene rings is 2. The molecular weight excluding hydrogens is 379 g/mol. The number of rotatable bonds is 5. The van der Waals surface area contributed by atoms with Crippen LogP contribution in [0.15, 0.2) is 48.5 Å². The van der Waals surface area contributed by atoms with Crippen LogP contribution in [-0.2, 0) is 24.3 Å². The normalized spacial score (nSPS) is 15.7. The molecule has 154 valence electrons. The second-order valence-corrected chi connectivity index (χ2v) is 8.30. The van der Waals surface area contributed by atoms with Crippen molar-refractivity contribution < 1.29 is 9.18 Å². The first-order valence-corrected chi connectivity index (χ1v) is 10.5. The van der Waals surface area contributed by atoms with Gasteiger partial charge in [-0.1, -0.05) is 24.3 Å². The topological polar surface area (TPSA) is 50.2 Å². The number of halogens is 1. The fourth-order valence-corrected chi connectivity index (χ4v) is 4.11. The Morgan fingerprint density at radius 1 is 1.17 bits per heavy atom. The van der Waals surface area contributed by atoms with Gasteiger partial charge in [-0.05, 0) is 54.2 Å². The van der Waals surface area contributed by atoms with E-state index in [0.717, 1.165) is 53.6 Å². The molecule has 1 aliphatic heterocycles. The molecular formula is C24H25FN4O. The van der Waals surface area contributed by atoms with Gasteiger partial charge in [0.15, 0.2) is 5.82 Å². The first-order valence-electron chi connectivity index (χ1n) is 10.5. The van der Waals surface area contributed by atoms with E-state index in [1.807, 2.05) is 29.2 Å². The van der Waals surface area contributed by atoms with Gasteiger partial charge in [0.05, 0.1) is 6.54 Å². The molecule has 1 aromatic heterocycles. The van der Waals surface area contributed by atoms with E-state index in [-0.39, 0.29) is 11.7 Å². The van der Waals surface area contributed by atoms with Crippen LogP contribution >= 0.6 is 0 Å². The Morgan fingerprint density at radius 3 is 2.70 bits per heavy atom. The molecule has 30 heavy (non-hydrogen) atoms. The van der Waals surface area contributed by atoms with E-state index in [9.17, 15) is 9.18 Å². The van der Waals surface area contributed by atoms with Crippen LogP contribution in [-0.4, -0.2) is 27.1 Å². The molecule has 1 fully saturated rings. The van der Waals surface area contributed by atoms with E-state index in [4.69, 9.17) is 5.10 Å². The first-order chi connectivity index (χ1) is 14.6. The van der Waals surface area contributed by atoms with Gasteiger partial charge in [0.1, 0.15) is 5.82 Å². The summed E-state index contributed by atoms with van der Waals surface area (Å²) in [6.07, 6.45) is 3.39. The minimum atomic E-state index is -0.240. The Kier molecular flexibility index (Phi) is 4.77. The first kappa shape index (κ1) is 18.9. The SMILES string of the molecule is CC(=O)N1CCc2c(c(Nc3cccc(-c4ccc(F)cc4)c3)nn2CC2CC2)C1. The highest BCUT2D eigenvalue weighted by molar-refractivity contribution is 5.75. The van der Waals surface area contributed by atoms with Crippen molar-refractivity contribution in [3.8, 4) is 11.1 Å². The molecule has 1 aliphatic carbocycles. The summed E-state index contributed by atoms with van der Waals surface area (Å²) in [5.41, 5.74) is 5.26. The summed E-state index contributed by atoms with van der Waals surface area (Å²) in [7, 11) is 0. The number of carbonyl (C=O) groups excluding carboxylic acids is 1. The number of carbonyl (C=O) groups is 1. The average Bonchev–Trinajstić information content (AvgIpc) is 3.51. The van der Waals surface area contributed by atoms with Gasteiger partial charge in [-0.2, -0.15) is 5.10 Å². The minimum Gasteiger partial charge on any atom is -0.338 e.